The SMILES string of the molecule is O=C(NCC1(O)CCCC1)Nc1ccc2nc(C3CC3)oc2c1. The van der Waals surface area contributed by atoms with Crippen molar-refractivity contribution in [2.75, 3.05) is 11.9 Å². The number of nitrogens with zero attached hydrogens (tertiary/aromatic N) is 1. The van der Waals surface area contributed by atoms with Gasteiger partial charge in [0.2, 0.25) is 0 Å². The molecule has 122 valence electrons. The number of carbonyl (C=O) groups is 1. The standard InChI is InChI=1S/C17H21N3O3/c21-16(18-10-17(22)7-1-2-8-17)19-12-5-6-13-14(9-12)23-15(20-13)11-3-4-11/h5-6,9,11,22H,1-4,7-8,10H2,(H2,18,19,21). The molecule has 4 rings (SSSR count). The third kappa shape index (κ3) is 3.17. The topological polar surface area (TPSA) is 87.4 Å². The molecule has 0 atom stereocenters. The number of amides is 2. The summed E-state index contributed by atoms with van der Waals surface area (Å²) < 4.78 is 5.75. The Morgan fingerprint density at radius 1 is 1.35 bits per heavy atom. The number of hydrogen-bond donors (Lipinski definition) is 3. The van der Waals surface area contributed by atoms with Gasteiger partial charge in [-0.05, 0) is 37.8 Å². The Kier molecular flexibility index (Phi) is 3.49. The van der Waals surface area contributed by atoms with Gasteiger partial charge in [0.1, 0.15) is 5.52 Å². The number of hydrogen-bond acceptors (Lipinski definition) is 4. The Labute approximate surface area is 134 Å². The number of urea groups is 1. The van der Waals surface area contributed by atoms with E-state index in [9.17, 15) is 9.90 Å². The monoisotopic (exact) mass is 315 g/mol. The number of anilines is 1. The summed E-state index contributed by atoms with van der Waals surface area (Å²) in [5.74, 6) is 1.26. The predicted octanol–water partition coefficient (Wildman–Crippen LogP) is 3.13. The second-order valence-corrected chi connectivity index (χ2v) is 6.75. The number of oxazole rings is 1. The minimum absolute atomic E-state index is 0.287. The second-order valence-electron chi connectivity index (χ2n) is 6.75. The summed E-state index contributed by atoms with van der Waals surface area (Å²) >= 11 is 0. The van der Waals surface area contributed by atoms with Crippen LogP contribution in [0.1, 0.15) is 50.3 Å². The van der Waals surface area contributed by atoms with Crippen molar-refractivity contribution in [3.63, 3.8) is 0 Å². The molecule has 0 saturated heterocycles. The lowest BCUT2D eigenvalue weighted by molar-refractivity contribution is 0.0506. The Hall–Kier alpha value is -2.08. The summed E-state index contributed by atoms with van der Waals surface area (Å²) in [6.07, 6.45) is 5.82. The van der Waals surface area contributed by atoms with Crippen LogP contribution in [0, 0.1) is 0 Å². The highest BCUT2D eigenvalue weighted by Gasteiger charge is 2.31. The fourth-order valence-corrected chi connectivity index (χ4v) is 3.16. The third-order valence-electron chi connectivity index (χ3n) is 4.70. The molecule has 6 heteroatoms. The molecule has 1 aromatic carbocycles. The van der Waals surface area contributed by atoms with Crippen LogP contribution in [0.2, 0.25) is 0 Å². The van der Waals surface area contributed by atoms with Gasteiger partial charge >= 0.3 is 6.03 Å². The molecular weight excluding hydrogens is 294 g/mol. The molecule has 0 aliphatic heterocycles. The smallest absolute Gasteiger partial charge is 0.319 e. The molecule has 6 nitrogen and oxygen atoms in total. The van der Waals surface area contributed by atoms with Crippen LogP contribution in [0.4, 0.5) is 10.5 Å². The van der Waals surface area contributed by atoms with Crippen LogP contribution in [0.5, 0.6) is 0 Å². The van der Waals surface area contributed by atoms with Gasteiger partial charge in [0.25, 0.3) is 0 Å². The average Bonchev–Trinajstić information content (AvgIpc) is 3.16. The summed E-state index contributed by atoms with van der Waals surface area (Å²) in [5, 5.41) is 15.8. The molecule has 2 saturated carbocycles. The van der Waals surface area contributed by atoms with Gasteiger partial charge in [0.15, 0.2) is 11.5 Å². The lowest BCUT2D eigenvalue weighted by atomic mass is 10.0. The summed E-state index contributed by atoms with van der Waals surface area (Å²) in [5.41, 5.74) is 1.43. The Bertz CT molecular complexity index is 730. The van der Waals surface area contributed by atoms with E-state index in [2.05, 4.69) is 15.6 Å². The fourth-order valence-electron chi connectivity index (χ4n) is 3.16. The van der Waals surface area contributed by atoms with E-state index in [0.717, 1.165) is 49.9 Å². The first-order valence-electron chi connectivity index (χ1n) is 8.29. The van der Waals surface area contributed by atoms with Crippen LogP contribution in [-0.2, 0) is 0 Å². The van der Waals surface area contributed by atoms with Crippen LogP contribution in [0.15, 0.2) is 22.6 Å². The summed E-state index contributed by atoms with van der Waals surface area (Å²) in [4.78, 5) is 16.5. The number of aliphatic hydroxyl groups is 1. The van der Waals surface area contributed by atoms with Crippen molar-refractivity contribution in [3.05, 3.63) is 24.1 Å². The maximum atomic E-state index is 12.0. The fraction of sp³-hybridized carbons (Fsp3) is 0.529. The van der Waals surface area contributed by atoms with Crippen molar-refractivity contribution in [2.24, 2.45) is 0 Å². The van der Waals surface area contributed by atoms with E-state index in [-0.39, 0.29) is 12.6 Å². The largest absolute Gasteiger partial charge is 0.440 e. The van der Waals surface area contributed by atoms with Gasteiger partial charge in [-0.1, -0.05) is 12.8 Å². The van der Waals surface area contributed by atoms with Crippen molar-refractivity contribution in [1.82, 2.24) is 10.3 Å². The molecule has 2 fully saturated rings. The van der Waals surface area contributed by atoms with E-state index in [4.69, 9.17) is 4.42 Å². The van der Waals surface area contributed by atoms with Gasteiger partial charge in [0.05, 0.1) is 5.60 Å². The van der Waals surface area contributed by atoms with Gasteiger partial charge in [-0.2, -0.15) is 0 Å². The Morgan fingerprint density at radius 3 is 2.87 bits per heavy atom. The van der Waals surface area contributed by atoms with Gasteiger partial charge in [-0.3, -0.25) is 0 Å². The van der Waals surface area contributed by atoms with Crippen molar-refractivity contribution >= 4 is 22.8 Å². The minimum atomic E-state index is -0.745. The molecule has 1 aromatic heterocycles. The highest BCUT2D eigenvalue weighted by Crippen LogP contribution is 2.40. The van der Waals surface area contributed by atoms with Gasteiger partial charge in [-0.15, -0.1) is 0 Å². The van der Waals surface area contributed by atoms with Gasteiger partial charge in [-0.25, -0.2) is 9.78 Å². The summed E-state index contributed by atoms with van der Waals surface area (Å²) in [6, 6.07) is 5.14. The molecule has 1 heterocycles. The minimum Gasteiger partial charge on any atom is -0.440 e. The van der Waals surface area contributed by atoms with Crippen LogP contribution in [-0.4, -0.2) is 28.3 Å². The molecule has 3 N–H and O–H groups in total. The molecule has 2 amide bonds. The van der Waals surface area contributed by atoms with E-state index in [1.165, 1.54) is 0 Å². The van der Waals surface area contributed by atoms with E-state index in [1.54, 1.807) is 6.07 Å². The third-order valence-corrected chi connectivity index (χ3v) is 4.70. The molecule has 23 heavy (non-hydrogen) atoms. The lowest BCUT2D eigenvalue weighted by Gasteiger charge is -2.22. The zero-order valence-corrected chi connectivity index (χ0v) is 13.0. The molecule has 2 aliphatic carbocycles. The molecule has 0 spiro atoms. The number of benzene rings is 1. The molecular formula is C17H21N3O3. The number of nitrogens with one attached hydrogen (secondary N) is 2. The summed E-state index contributed by atoms with van der Waals surface area (Å²) in [6.45, 7) is 0.287. The molecule has 2 aromatic rings. The number of fused-ring (bicyclic) bond motifs is 1. The van der Waals surface area contributed by atoms with Gasteiger partial charge < -0.3 is 20.2 Å². The van der Waals surface area contributed by atoms with Gasteiger partial charge in [0, 0.05) is 24.2 Å². The Balaban J connectivity index is 1.39. The van der Waals surface area contributed by atoms with Crippen LogP contribution in [0.3, 0.4) is 0 Å². The second kappa shape index (κ2) is 5.53. The van der Waals surface area contributed by atoms with E-state index >= 15 is 0 Å². The lowest BCUT2D eigenvalue weighted by Crippen LogP contribution is -2.42. The molecule has 0 unspecified atom stereocenters. The maximum absolute atomic E-state index is 12.0. The van der Waals surface area contributed by atoms with Crippen molar-refractivity contribution in [1.29, 1.82) is 0 Å². The zero-order valence-electron chi connectivity index (χ0n) is 13.0. The molecule has 0 bridgehead atoms. The highest BCUT2D eigenvalue weighted by atomic mass is 16.3. The summed E-state index contributed by atoms with van der Waals surface area (Å²) in [7, 11) is 0. The molecule has 0 radical (unpaired) electrons. The Morgan fingerprint density at radius 2 is 2.13 bits per heavy atom. The van der Waals surface area contributed by atoms with E-state index in [1.807, 2.05) is 12.1 Å². The number of carbonyl (C=O) groups excluding carboxylic acids is 1. The highest BCUT2D eigenvalue weighted by molar-refractivity contribution is 5.91. The quantitative estimate of drug-likeness (QED) is 0.809. The predicted molar refractivity (Wildman–Crippen MR) is 86.4 cm³/mol. The van der Waals surface area contributed by atoms with Crippen molar-refractivity contribution < 1.29 is 14.3 Å². The maximum Gasteiger partial charge on any atom is 0.319 e. The van der Waals surface area contributed by atoms with E-state index in [0.29, 0.717) is 17.2 Å². The number of rotatable bonds is 4. The van der Waals surface area contributed by atoms with Crippen LogP contribution in [0.25, 0.3) is 11.1 Å². The first-order valence-corrected chi connectivity index (χ1v) is 8.29. The first kappa shape index (κ1) is 14.5. The van der Waals surface area contributed by atoms with Crippen molar-refractivity contribution in [2.45, 2.75) is 50.0 Å². The normalized spacial score (nSPS) is 19.9. The van der Waals surface area contributed by atoms with Crippen LogP contribution >= 0.6 is 0 Å². The molecule has 2 aliphatic rings. The first-order chi connectivity index (χ1) is 11.1. The van der Waals surface area contributed by atoms with Crippen molar-refractivity contribution in [3.8, 4) is 0 Å². The number of aromatic nitrogens is 1. The zero-order chi connectivity index (χ0) is 15.9. The van der Waals surface area contributed by atoms with E-state index < -0.39 is 5.60 Å². The van der Waals surface area contributed by atoms with Crippen LogP contribution < -0.4 is 10.6 Å². The average molecular weight is 315 g/mol.